The fourth-order valence-corrected chi connectivity index (χ4v) is 2.38. The van der Waals surface area contributed by atoms with Crippen molar-refractivity contribution in [2.24, 2.45) is 0 Å². The van der Waals surface area contributed by atoms with E-state index in [4.69, 9.17) is 4.74 Å². The lowest BCUT2D eigenvalue weighted by molar-refractivity contribution is -0.116. The molecular formula is C20H23NO3. The summed E-state index contributed by atoms with van der Waals surface area (Å²) >= 11 is 0. The van der Waals surface area contributed by atoms with Crippen LogP contribution in [-0.2, 0) is 11.2 Å². The van der Waals surface area contributed by atoms with Gasteiger partial charge in [0.15, 0.2) is 0 Å². The number of methoxy groups -OCH3 is 1. The van der Waals surface area contributed by atoms with E-state index in [-0.39, 0.29) is 11.7 Å². The van der Waals surface area contributed by atoms with E-state index in [1.54, 1.807) is 25.3 Å². The molecule has 0 bridgehead atoms. The zero-order valence-electron chi connectivity index (χ0n) is 14.1. The Balaban J connectivity index is 1.79. The number of aryl methyl sites for hydroxylation is 2. The lowest BCUT2D eigenvalue weighted by Crippen LogP contribution is -2.22. The summed E-state index contributed by atoms with van der Waals surface area (Å²) in [6.07, 6.45) is 4.99. The van der Waals surface area contributed by atoms with Crippen molar-refractivity contribution >= 4 is 12.0 Å². The van der Waals surface area contributed by atoms with Crippen LogP contribution in [0.3, 0.4) is 0 Å². The number of carbonyl (C=O) groups excluding carboxylic acids is 1. The average Bonchev–Trinajstić information content (AvgIpc) is 2.58. The third kappa shape index (κ3) is 5.47. The van der Waals surface area contributed by atoms with E-state index in [9.17, 15) is 9.90 Å². The summed E-state index contributed by atoms with van der Waals surface area (Å²) in [5.41, 5.74) is 3.14. The molecule has 24 heavy (non-hydrogen) atoms. The Labute approximate surface area is 142 Å². The third-order valence-electron chi connectivity index (χ3n) is 3.68. The van der Waals surface area contributed by atoms with Crippen LogP contribution < -0.4 is 10.1 Å². The Morgan fingerprint density at radius 3 is 2.67 bits per heavy atom. The monoisotopic (exact) mass is 325 g/mol. The van der Waals surface area contributed by atoms with Crippen LogP contribution in [0.4, 0.5) is 0 Å². The quantitative estimate of drug-likeness (QED) is 0.605. The molecule has 0 aliphatic rings. The van der Waals surface area contributed by atoms with Crippen molar-refractivity contribution in [1.29, 1.82) is 0 Å². The maximum atomic E-state index is 11.9. The smallest absolute Gasteiger partial charge is 0.244 e. The molecule has 0 unspecified atom stereocenters. The van der Waals surface area contributed by atoms with Gasteiger partial charge in [-0.05, 0) is 55.7 Å². The highest BCUT2D eigenvalue weighted by atomic mass is 16.5. The van der Waals surface area contributed by atoms with Crippen molar-refractivity contribution in [3.8, 4) is 11.5 Å². The molecule has 0 aromatic heterocycles. The number of carbonyl (C=O) groups is 1. The van der Waals surface area contributed by atoms with Crippen LogP contribution in [-0.4, -0.2) is 24.7 Å². The number of ether oxygens (including phenoxy) is 1. The molecule has 0 aliphatic heterocycles. The summed E-state index contributed by atoms with van der Waals surface area (Å²) in [4.78, 5) is 11.9. The average molecular weight is 325 g/mol. The molecule has 0 heterocycles. The van der Waals surface area contributed by atoms with Crippen LogP contribution >= 0.6 is 0 Å². The molecule has 2 aromatic carbocycles. The standard InChI is InChI=1S/C20H23NO3/c1-15-5-11-19(24-2)17(14-15)8-12-20(23)21-13-3-4-16-6-9-18(22)10-7-16/h5-12,14,22H,3-4,13H2,1-2H3,(H,21,23)/b12-8+. The van der Waals surface area contributed by atoms with Crippen molar-refractivity contribution in [1.82, 2.24) is 5.32 Å². The van der Waals surface area contributed by atoms with Gasteiger partial charge in [-0.3, -0.25) is 4.79 Å². The largest absolute Gasteiger partial charge is 0.508 e. The van der Waals surface area contributed by atoms with Gasteiger partial charge in [-0.15, -0.1) is 0 Å². The number of aromatic hydroxyl groups is 1. The Morgan fingerprint density at radius 2 is 1.96 bits per heavy atom. The van der Waals surface area contributed by atoms with E-state index < -0.39 is 0 Å². The van der Waals surface area contributed by atoms with Gasteiger partial charge in [0.25, 0.3) is 0 Å². The van der Waals surface area contributed by atoms with E-state index >= 15 is 0 Å². The van der Waals surface area contributed by atoms with E-state index in [0.717, 1.165) is 35.3 Å². The minimum Gasteiger partial charge on any atom is -0.508 e. The number of nitrogens with one attached hydrogen (secondary N) is 1. The Morgan fingerprint density at radius 1 is 1.21 bits per heavy atom. The van der Waals surface area contributed by atoms with Crippen molar-refractivity contribution in [2.45, 2.75) is 19.8 Å². The summed E-state index contributed by atoms with van der Waals surface area (Å²) in [5, 5.41) is 12.1. The number of rotatable bonds is 7. The number of phenolic OH excluding ortho intramolecular Hbond substituents is 1. The van der Waals surface area contributed by atoms with Crippen LogP contribution in [0.15, 0.2) is 48.5 Å². The van der Waals surface area contributed by atoms with Crippen LogP contribution in [0.2, 0.25) is 0 Å². The van der Waals surface area contributed by atoms with Gasteiger partial charge in [-0.1, -0.05) is 23.8 Å². The number of amides is 1. The second kappa shape index (κ2) is 8.77. The van der Waals surface area contributed by atoms with Crippen molar-refractivity contribution in [2.75, 3.05) is 13.7 Å². The zero-order valence-corrected chi connectivity index (χ0v) is 14.1. The molecule has 0 spiro atoms. The molecule has 1 amide bonds. The maximum absolute atomic E-state index is 11.9. The summed E-state index contributed by atoms with van der Waals surface area (Å²) in [5.74, 6) is 0.894. The van der Waals surface area contributed by atoms with Crippen LogP contribution in [0.1, 0.15) is 23.1 Å². The van der Waals surface area contributed by atoms with Gasteiger partial charge in [0.1, 0.15) is 11.5 Å². The molecule has 4 heteroatoms. The predicted molar refractivity (Wildman–Crippen MR) is 96.2 cm³/mol. The lowest BCUT2D eigenvalue weighted by Gasteiger charge is -2.06. The molecule has 2 rings (SSSR count). The van der Waals surface area contributed by atoms with E-state index in [0.29, 0.717) is 6.54 Å². The topological polar surface area (TPSA) is 58.6 Å². The lowest BCUT2D eigenvalue weighted by atomic mass is 10.1. The highest BCUT2D eigenvalue weighted by Gasteiger charge is 2.01. The maximum Gasteiger partial charge on any atom is 0.244 e. The first-order chi connectivity index (χ1) is 11.6. The Hall–Kier alpha value is -2.75. The van der Waals surface area contributed by atoms with Crippen LogP contribution in [0.25, 0.3) is 6.08 Å². The summed E-state index contributed by atoms with van der Waals surface area (Å²) < 4.78 is 5.29. The molecule has 2 aromatic rings. The third-order valence-corrected chi connectivity index (χ3v) is 3.68. The van der Waals surface area contributed by atoms with E-state index in [2.05, 4.69) is 5.32 Å². The van der Waals surface area contributed by atoms with Gasteiger partial charge in [-0.2, -0.15) is 0 Å². The second-order valence-electron chi connectivity index (χ2n) is 5.64. The first kappa shape index (κ1) is 17.6. The molecule has 0 fully saturated rings. The number of benzene rings is 2. The number of phenols is 1. The minimum atomic E-state index is -0.121. The molecule has 0 aliphatic carbocycles. The number of hydrogen-bond donors (Lipinski definition) is 2. The summed E-state index contributed by atoms with van der Waals surface area (Å²) in [6.45, 7) is 2.61. The van der Waals surface area contributed by atoms with Crippen LogP contribution in [0, 0.1) is 6.92 Å². The van der Waals surface area contributed by atoms with Gasteiger partial charge in [0.2, 0.25) is 5.91 Å². The summed E-state index contributed by atoms with van der Waals surface area (Å²) in [6, 6.07) is 13.0. The molecule has 0 saturated heterocycles. The first-order valence-corrected chi connectivity index (χ1v) is 7.97. The zero-order chi connectivity index (χ0) is 17.4. The van der Waals surface area contributed by atoms with Gasteiger partial charge in [-0.25, -0.2) is 0 Å². The molecule has 0 radical (unpaired) electrons. The van der Waals surface area contributed by atoms with E-state index in [1.165, 1.54) is 6.08 Å². The number of hydrogen-bond acceptors (Lipinski definition) is 3. The molecule has 4 nitrogen and oxygen atoms in total. The van der Waals surface area contributed by atoms with Crippen molar-refractivity contribution < 1.29 is 14.6 Å². The molecule has 126 valence electrons. The Kier molecular flexibility index (Phi) is 6.43. The second-order valence-corrected chi connectivity index (χ2v) is 5.64. The highest BCUT2D eigenvalue weighted by molar-refractivity contribution is 5.92. The fourth-order valence-electron chi connectivity index (χ4n) is 2.38. The first-order valence-electron chi connectivity index (χ1n) is 7.97. The molecule has 0 saturated carbocycles. The minimum absolute atomic E-state index is 0.121. The fraction of sp³-hybridized carbons (Fsp3) is 0.250. The molecule has 0 atom stereocenters. The van der Waals surface area contributed by atoms with Crippen molar-refractivity contribution in [3.63, 3.8) is 0 Å². The normalized spacial score (nSPS) is 10.8. The summed E-state index contributed by atoms with van der Waals surface area (Å²) in [7, 11) is 1.62. The SMILES string of the molecule is COc1ccc(C)cc1/C=C/C(=O)NCCCc1ccc(O)cc1. The molecule has 2 N–H and O–H groups in total. The van der Waals surface area contributed by atoms with Gasteiger partial charge < -0.3 is 15.2 Å². The van der Waals surface area contributed by atoms with Crippen LogP contribution in [0.5, 0.6) is 11.5 Å². The van der Waals surface area contributed by atoms with Gasteiger partial charge in [0.05, 0.1) is 7.11 Å². The van der Waals surface area contributed by atoms with Crippen molar-refractivity contribution in [3.05, 3.63) is 65.2 Å². The highest BCUT2D eigenvalue weighted by Crippen LogP contribution is 2.20. The van der Waals surface area contributed by atoms with Gasteiger partial charge in [0, 0.05) is 18.2 Å². The van der Waals surface area contributed by atoms with E-state index in [1.807, 2.05) is 37.3 Å². The predicted octanol–water partition coefficient (Wildman–Crippen LogP) is 3.47. The molecular weight excluding hydrogens is 302 g/mol. The Bertz CT molecular complexity index is 705. The van der Waals surface area contributed by atoms with Gasteiger partial charge >= 0.3 is 0 Å².